The third-order valence-electron chi connectivity index (χ3n) is 4.60. The van der Waals surface area contributed by atoms with E-state index in [0.29, 0.717) is 5.92 Å². The van der Waals surface area contributed by atoms with Crippen molar-refractivity contribution in [3.05, 3.63) is 46.8 Å². The molecule has 0 atom stereocenters. The summed E-state index contributed by atoms with van der Waals surface area (Å²) in [5, 5.41) is 8.78. The molecule has 0 aliphatic carbocycles. The molecule has 3 rings (SSSR count). The zero-order valence-electron chi connectivity index (χ0n) is 14.6. The van der Waals surface area contributed by atoms with Crippen molar-refractivity contribution in [3.63, 3.8) is 0 Å². The minimum absolute atomic E-state index is 0.0233. The maximum absolute atomic E-state index is 11.8. The van der Waals surface area contributed by atoms with Crippen LogP contribution in [0.25, 0.3) is 0 Å². The Hall–Kier alpha value is -2.24. The van der Waals surface area contributed by atoms with Crippen molar-refractivity contribution in [1.82, 2.24) is 19.7 Å². The molecule has 0 saturated carbocycles. The lowest BCUT2D eigenvalue weighted by atomic mass is 9.92. The molecule has 6 heteroatoms. The van der Waals surface area contributed by atoms with Gasteiger partial charge in [-0.2, -0.15) is 5.10 Å². The van der Waals surface area contributed by atoms with Crippen LogP contribution in [0.5, 0.6) is 0 Å². The van der Waals surface area contributed by atoms with Gasteiger partial charge in [-0.3, -0.25) is 9.36 Å². The van der Waals surface area contributed by atoms with Crippen molar-refractivity contribution in [2.24, 2.45) is 5.92 Å². The first-order chi connectivity index (χ1) is 11.4. The topological polar surface area (TPSA) is 63.9 Å². The molecule has 2 aromatic heterocycles. The lowest BCUT2D eigenvalue weighted by Crippen LogP contribution is -2.37. The third kappa shape index (κ3) is 3.80. The highest BCUT2D eigenvalue weighted by Crippen LogP contribution is 2.24. The summed E-state index contributed by atoms with van der Waals surface area (Å²) in [4.78, 5) is 18.1. The number of rotatable bonds is 3. The molecule has 0 unspecified atom stereocenters. The Labute approximate surface area is 142 Å². The van der Waals surface area contributed by atoms with Crippen molar-refractivity contribution in [1.29, 1.82) is 0 Å². The first-order valence-electron chi connectivity index (χ1n) is 8.53. The summed E-state index contributed by atoms with van der Waals surface area (Å²) >= 11 is 0. The highest BCUT2D eigenvalue weighted by atomic mass is 16.1. The van der Waals surface area contributed by atoms with E-state index in [1.807, 2.05) is 0 Å². The quantitative estimate of drug-likeness (QED) is 0.865. The van der Waals surface area contributed by atoms with Crippen LogP contribution in [-0.2, 0) is 12.0 Å². The van der Waals surface area contributed by atoms with E-state index in [2.05, 4.69) is 53.0 Å². The number of aromatic nitrogens is 4. The van der Waals surface area contributed by atoms with Gasteiger partial charge in [-0.1, -0.05) is 20.8 Å². The summed E-state index contributed by atoms with van der Waals surface area (Å²) in [7, 11) is 0. The van der Waals surface area contributed by atoms with E-state index in [1.54, 1.807) is 17.1 Å². The van der Waals surface area contributed by atoms with Crippen LogP contribution >= 0.6 is 0 Å². The third-order valence-corrected chi connectivity index (χ3v) is 4.60. The number of piperidine rings is 1. The number of hydrogen-bond acceptors (Lipinski definition) is 5. The van der Waals surface area contributed by atoms with Gasteiger partial charge in [0.05, 0.1) is 12.0 Å². The van der Waals surface area contributed by atoms with E-state index in [9.17, 15) is 4.79 Å². The molecule has 0 aromatic carbocycles. The van der Waals surface area contributed by atoms with Gasteiger partial charge in [-0.15, -0.1) is 5.10 Å². The molecule has 1 aliphatic rings. The van der Waals surface area contributed by atoms with Gasteiger partial charge in [-0.05, 0) is 30.9 Å². The zero-order chi connectivity index (χ0) is 17.2. The summed E-state index contributed by atoms with van der Waals surface area (Å²) in [5.41, 5.74) is 1.06. The van der Waals surface area contributed by atoms with Crippen molar-refractivity contribution in [3.8, 4) is 0 Å². The van der Waals surface area contributed by atoms with Gasteiger partial charge >= 0.3 is 0 Å². The Balaban J connectivity index is 1.59. The molecule has 2 aromatic rings. The summed E-state index contributed by atoms with van der Waals surface area (Å²) < 4.78 is 1.71. The van der Waals surface area contributed by atoms with Crippen LogP contribution in [0.3, 0.4) is 0 Å². The van der Waals surface area contributed by atoms with Gasteiger partial charge < -0.3 is 4.90 Å². The second-order valence-corrected chi connectivity index (χ2v) is 7.53. The maximum Gasteiger partial charge on any atom is 0.253 e. The van der Waals surface area contributed by atoms with Gasteiger partial charge in [0.15, 0.2) is 5.82 Å². The Morgan fingerprint density at radius 1 is 1.12 bits per heavy atom. The zero-order valence-corrected chi connectivity index (χ0v) is 14.6. The van der Waals surface area contributed by atoms with Crippen LogP contribution in [0.4, 0.5) is 5.82 Å². The largest absolute Gasteiger partial charge is 0.355 e. The van der Waals surface area contributed by atoms with Gasteiger partial charge in [0, 0.05) is 37.3 Å². The molecule has 24 heavy (non-hydrogen) atoms. The van der Waals surface area contributed by atoms with Crippen LogP contribution in [-0.4, -0.2) is 32.8 Å². The molecule has 128 valence electrons. The molecule has 0 bridgehead atoms. The summed E-state index contributed by atoms with van der Waals surface area (Å²) in [5.74, 6) is 1.45. The molecule has 3 heterocycles. The van der Waals surface area contributed by atoms with E-state index in [4.69, 9.17) is 0 Å². The molecule has 0 N–H and O–H groups in total. The van der Waals surface area contributed by atoms with Crippen molar-refractivity contribution in [2.45, 2.75) is 45.6 Å². The Bertz CT molecular complexity index is 724. The molecule has 1 saturated heterocycles. The standard InChI is InChI=1S/C18H25N5O/c1-18(2,3)15-4-5-16(21-20-15)22-10-7-14(8-11-22)12-23-13-19-9-6-17(23)24/h4-6,9,13-14H,7-8,10-12H2,1-3H3. The lowest BCUT2D eigenvalue weighted by Gasteiger charge is -2.32. The van der Waals surface area contributed by atoms with Gasteiger partial charge in [-0.25, -0.2) is 4.98 Å². The minimum atomic E-state index is 0.0233. The Morgan fingerprint density at radius 2 is 1.88 bits per heavy atom. The van der Waals surface area contributed by atoms with Crippen molar-refractivity contribution < 1.29 is 0 Å². The van der Waals surface area contributed by atoms with E-state index >= 15 is 0 Å². The number of nitrogens with zero attached hydrogens (tertiary/aromatic N) is 5. The van der Waals surface area contributed by atoms with E-state index in [-0.39, 0.29) is 11.0 Å². The molecule has 6 nitrogen and oxygen atoms in total. The van der Waals surface area contributed by atoms with E-state index in [0.717, 1.165) is 44.0 Å². The second-order valence-electron chi connectivity index (χ2n) is 7.53. The van der Waals surface area contributed by atoms with Crippen LogP contribution in [0.15, 0.2) is 35.5 Å². The maximum atomic E-state index is 11.8. The highest BCUT2D eigenvalue weighted by Gasteiger charge is 2.22. The van der Waals surface area contributed by atoms with Gasteiger partial charge in [0.1, 0.15) is 0 Å². The smallest absolute Gasteiger partial charge is 0.253 e. The predicted octanol–water partition coefficient (Wildman–Crippen LogP) is 2.25. The van der Waals surface area contributed by atoms with Crippen molar-refractivity contribution >= 4 is 5.82 Å². The first kappa shape index (κ1) is 16.6. The predicted molar refractivity (Wildman–Crippen MR) is 94.2 cm³/mol. The SMILES string of the molecule is CC(C)(C)c1ccc(N2CCC(Cn3cnccc3=O)CC2)nn1. The Kier molecular flexibility index (Phi) is 4.64. The molecular formula is C18H25N5O. The van der Waals surface area contributed by atoms with Crippen LogP contribution in [0, 0.1) is 5.92 Å². The molecule has 0 spiro atoms. The van der Waals surface area contributed by atoms with Gasteiger partial charge in [0.2, 0.25) is 0 Å². The lowest BCUT2D eigenvalue weighted by molar-refractivity contribution is 0.349. The summed E-state index contributed by atoms with van der Waals surface area (Å²) in [6.45, 7) is 9.06. The average molecular weight is 327 g/mol. The molecule has 1 fully saturated rings. The Morgan fingerprint density at radius 3 is 2.46 bits per heavy atom. The van der Waals surface area contributed by atoms with Crippen LogP contribution in [0.2, 0.25) is 0 Å². The molecule has 0 radical (unpaired) electrons. The monoisotopic (exact) mass is 327 g/mol. The van der Waals surface area contributed by atoms with E-state index in [1.165, 1.54) is 6.07 Å². The highest BCUT2D eigenvalue weighted by molar-refractivity contribution is 5.38. The molecule has 0 amide bonds. The van der Waals surface area contributed by atoms with Gasteiger partial charge in [0.25, 0.3) is 5.56 Å². The fraction of sp³-hybridized carbons (Fsp3) is 0.556. The fourth-order valence-corrected chi connectivity index (χ4v) is 3.03. The van der Waals surface area contributed by atoms with Crippen molar-refractivity contribution in [2.75, 3.05) is 18.0 Å². The number of anilines is 1. The van der Waals surface area contributed by atoms with Crippen LogP contribution in [0.1, 0.15) is 39.3 Å². The van der Waals surface area contributed by atoms with Crippen LogP contribution < -0.4 is 10.5 Å². The minimum Gasteiger partial charge on any atom is -0.355 e. The molecular weight excluding hydrogens is 302 g/mol. The molecule has 1 aliphatic heterocycles. The number of hydrogen-bond donors (Lipinski definition) is 0. The first-order valence-corrected chi connectivity index (χ1v) is 8.53. The summed E-state index contributed by atoms with van der Waals surface area (Å²) in [6, 6.07) is 5.66. The summed E-state index contributed by atoms with van der Waals surface area (Å²) in [6.07, 6.45) is 5.26. The second kappa shape index (κ2) is 6.71. The normalized spacial score (nSPS) is 16.4. The van der Waals surface area contributed by atoms with E-state index < -0.39 is 0 Å². The average Bonchev–Trinajstić information content (AvgIpc) is 2.57. The fourth-order valence-electron chi connectivity index (χ4n) is 3.03.